The lowest BCUT2D eigenvalue weighted by molar-refractivity contribution is -0.393. The monoisotopic (exact) mass is 635 g/mol. The minimum atomic E-state index is -0.846. The summed E-state index contributed by atoms with van der Waals surface area (Å²) < 4.78 is 0.121. The molecule has 0 saturated heterocycles. The number of nitro groups is 3. The van der Waals surface area contributed by atoms with E-state index < -0.39 is 31.9 Å². The van der Waals surface area contributed by atoms with E-state index in [1.807, 2.05) is 0 Å². The van der Waals surface area contributed by atoms with Gasteiger partial charge in [0.25, 0.3) is 17.1 Å². The van der Waals surface area contributed by atoms with Crippen LogP contribution < -0.4 is 0 Å². The van der Waals surface area contributed by atoms with Gasteiger partial charge in [-0.15, -0.1) is 0 Å². The van der Waals surface area contributed by atoms with Crippen LogP contribution in [0.5, 0.6) is 0 Å². The van der Waals surface area contributed by atoms with Crippen LogP contribution in [0.4, 0.5) is 17.1 Å². The van der Waals surface area contributed by atoms with Gasteiger partial charge < -0.3 is 0 Å². The van der Waals surface area contributed by atoms with Crippen LogP contribution in [0.1, 0.15) is 21.5 Å². The Hall–Kier alpha value is -5.55. The molecule has 0 radical (unpaired) electrons. The Morgan fingerprint density at radius 1 is 0.605 bits per heavy atom. The molecule has 210 valence electrons. The van der Waals surface area contributed by atoms with Gasteiger partial charge in [0.15, 0.2) is 5.78 Å². The fourth-order valence-corrected chi connectivity index (χ4v) is 6.28. The van der Waals surface area contributed by atoms with Crippen LogP contribution in [0.3, 0.4) is 0 Å². The van der Waals surface area contributed by atoms with Gasteiger partial charge in [-0.05, 0) is 60.7 Å². The van der Waals surface area contributed by atoms with E-state index in [0.29, 0.717) is 0 Å². The van der Waals surface area contributed by atoms with Gasteiger partial charge in [-0.25, -0.2) is 0 Å². The SMILES string of the molecule is Cc1cccc2ccc3ccc4ccccc4c3c12.O=C1c2cc([N+](=O)[O-])cc(Br)c2-c2c1cc([N+](=O)[O-])cc2[N+](=O)[O-]. The first-order valence-electron chi connectivity index (χ1n) is 12.9. The van der Waals surface area contributed by atoms with Crippen molar-refractivity contribution in [3.8, 4) is 11.1 Å². The summed E-state index contributed by atoms with van der Waals surface area (Å²) in [6, 6.07) is 27.9. The minimum Gasteiger partial charge on any atom is -0.289 e. The Morgan fingerprint density at radius 3 is 1.81 bits per heavy atom. The molecule has 11 heteroatoms. The van der Waals surface area contributed by atoms with Crippen molar-refractivity contribution in [3.63, 3.8) is 0 Å². The highest BCUT2D eigenvalue weighted by Gasteiger charge is 2.38. The quantitative estimate of drug-likeness (QED) is 0.107. The average Bonchev–Trinajstić information content (AvgIpc) is 3.28. The highest BCUT2D eigenvalue weighted by molar-refractivity contribution is 9.10. The van der Waals surface area contributed by atoms with Crippen LogP contribution in [0.2, 0.25) is 0 Å². The summed E-state index contributed by atoms with van der Waals surface area (Å²) in [5.74, 6) is -0.740. The van der Waals surface area contributed by atoms with Gasteiger partial charge in [0, 0.05) is 39.4 Å². The maximum Gasteiger partial charge on any atom is 0.284 e. The smallest absolute Gasteiger partial charge is 0.284 e. The molecular formula is C32H18BrN3O7. The molecule has 0 heterocycles. The fraction of sp³-hybridized carbons (Fsp3) is 0.0312. The molecule has 0 unspecified atom stereocenters. The summed E-state index contributed by atoms with van der Waals surface area (Å²) in [4.78, 5) is 43.2. The first-order valence-corrected chi connectivity index (χ1v) is 13.7. The third-order valence-electron chi connectivity index (χ3n) is 7.49. The van der Waals surface area contributed by atoms with Crippen LogP contribution >= 0.6 is 15.9 Å². The third kappa shape index (κ3) is 4.56. The van der Waals surface area contributed by atoms with E-state index in [9.17, 15) is 35.1 Å². The van der Waals surface area contributed by atoms with Crippen molar-refractivity contribution in [2.24, 2.45) is 0 Å². The molecule has 0 bridgehead atoms. The Bertz CT molecular complexity index is 2220. The number of benzene rings is 6. The Balaban J connectivity index is 0.000000157. The van der Waals surface area contributed by atoms with E-state index in [1.165, 1.54) is 37.9 Å². The van der Waals surface area contributed by atoms with Gasteiger partial charge in [0.1, 0.15) is 0 Å². The number of rotatable bonds is 3. The van der Waals surface area contributed by atoms with Crippen LogP contribution in [0, 0.1) is 37.3 Å². The number of carbonyl (C=O) groups is 1. The lowest BCUT2D eigenvalue weighted by Gasteiger charge is -2.10. The van der Waals surface area contributed by atoms with E-state index in [4.69, 9.17) is 0 Å². The summed E-state index contributed by atoms with van der Waals surface area (Å²) >= 11 is 3.08. The summed E-state index contributed by atoms with van der Waals surface area (Å²) in [5.41, 5.74) is -0.567. The minimum absolute atomic E-state index is 0.0904. The van der Waals surface area contributed by atoms with Crippen LogP contribution in [-0.4, -0.2) is 20.6 Å². The molecule has 6 aromatic carbocycles. The van der Waals surface area contributed by atoms with E-state index in [-0.39, 0.29) is 32.4 Å². The van der Waals surface area contributed by atoms with Gasteiger partial charge in [-0.3, -0.25) is 35.1 Å². The summed E-state index contributed by atoms with van der Waals surface area (Å²) in [6.45, 7) is 2.20. The zero-order valence-electron chi connectivity index (χ0n) is 22.2. The van der Waals surface area contributed by atoms with E-state index in [1.54, 1.807) is 0 Å². The van der Waals surface area contributed by atoms with Gasteiger partial charge in [-0.2, -0.15) is 0 Å². The molecule has 6 aromatic rings. The second-order valence-electron chi connectivity index (χ2n) is 9.96. The van der Waals surface area contributed by atoms with Gasteiger partial charge in [0.2, 0.25) is 0 Å². The maximum atomic E-state index is 12.5. The first kappa shape index (κ1) is 27.6. The predicted octanol–water partition coefficient (Wildman–Crippen LogP) is 8.84. The molecule has 0 N–H and O–H groups in total. The topological polar surface area (TPSA) is 146 Å². The number of nitrogens with zero attached hydrogens (tertiary/aromatic N) is 3. The Kier molecular flexibility index (Phi) is 6.66. The van der Waals surface area contributed by atoms with Crippen molar-refractivity contribution < 1.29 is 19.6 Å². The third-order valence-corrected chi connectivity index (χ3v) is 8.12. The van der Waals surface area contributed by atoms with Crippen molar-refractivity contribution in [1.82, 2.24) is 0 Å². The summed E-state index contributed by atoms with van der Waals surface area (Å²) in [7, 11) is 0. The molecule has 10 nitrogen and oxygen atoms in total. The maximum absolute atomic E-state index is 12.5. The van der Waals surface area contributed by atoms with Crippen molar-refractivity contribution >= 4 is 71.1 Å². The van der Waals surface area contributed by atoms with Crippen molar-refractivity contribution in [2.75, 3.05) is 0 Å². The molecule has 0 atom stereocenters. The normalized spacial score (nSPS) is 11.6. The molecule has 1 aliphatic carbocycles. The lowest BCUT2D eigenvalue weighted by atomic mass is 9.94. The standard InChI is InChI=1S/C19H14.C13H4BrN3O7/c1-13-5-4-7-15-11-12-16-10-9-14-6-2-3-8-17(14)19(16)18(13)15;14-9-3-5(15(19)20)1-7-11(9)12-8(13(7)18)2-6(16(21)22)4-10(12)17(23)24/h2-12H,1H3;1-4H. The molecular weight excluding hydrogens is 618 g/mol. The largest absolute Gasteiger partial charge is 0.289 e. The van der Waals surface area contributed by atoms with E-state index in [0.717, 1.165) is 24.3 Å². The first-order chi connectivity index (χ1) is 20.6. The zero-order valence-corrected chi connectivity index (χ0v) is 23.8. The van der Waals surface area contributed by atoms with Gasteiger partial charge >= 0.3 is 0 Å². The predicted molar refractivity (Wildman–Crippen MR) is 167 cm³/mol. The lowest BCUT2D eigenvalue weighted by Crippen LogP contribution is -2.00. The molecule has 43 heavy (non-hydrogen) atoms. The second-order valence-corrected chi connectivity index (χ2v) is 10.8. The Morgan fingerprint density at radius 2 is 1.16 bits per heavy atom. The van der Waals surface area contributed by atoms with Crippen LogP contribution in [-0.2, 0) is 0 Å². The summed E-state index contributed by atoms with van der Waals surface area (Å²) in [5, 5.41) is 41.2. The number of hydrogen-bond acceptors (Lipinski definition) is 7. The molecule has 0 fully saturated rings. The molecule has 0 aliphatic heterocycles. The number of nitro benzene ring substituents is 3. The number of non-ortho nitro benzene ring substituents is 2. The number of carbonyl (C=O) groups excluding carboxylic acids is 1. The number of halogens is 1. The molecule has 0 spiro atoms. The average molecular weight is 636 g/mol. The molecule has 7 rings (SSSR count). The van der Waals surface area contributed by atoms with Gasteiger partial charge in [-0.1, -0.05) is 66.7 Å². The van der Waals surface area contributed by atoms with E-state index in [2.05, 4.69) is 89.6 Å². The molecule has 0 saturated carbocycles. The highest BCUT2D eigenvalue weighted by Crippen LogP contribution is 2.48. The zero-order chi connectivity index (χ0) is 30.6. The van der Waals surface area contributed by atoms with Crippen LogP contribution in [0.25, 0.3) is 43.4 Å². The Labute approximate surface area is 250 Å². The van der Waals surface area contributed by atoms with Crippen LogP contribution in [0.15, 0.2) is 95.5 Å². The highest BCUT2D eigenvalue weighted by atomic mass is 79.9. The molecule has 1 aliphatic rings. The van der Waals surface area contributed by atoms with Crippen molar-refractivity contribution in [1.29, 1.82) is 0 Å². The van der Waals surface area contributed by atoms with E-state index >= 15 is 0 Å². The number of ketones is 1. The van der Waals surface area contributed by atoms with Crippen molar-refractivity contribution in [2.45, 2.75) is 6.92 Å². The second kappa shape index (κ2) is 10.4. The molecule has 0 aromatic heterocycles. The molecule has 0 amide bonds. The summed E-state index contributed by atoms with van der Waals surface area (Å²) in [6.07, 6.45) is 0. The number of hydrogen-bond donors (Lipinski definition) is 0. The number of aryl methyl sites for hydroxylation is 1. The fourth-order valence-electron chi connectivity index (χ4n) is 5.64. The van der Waals surface area contributed by atoms with Crippen molar-refractivity contribution in [3.05, 3.63) is 143 Å². The van der Waals surface area contributed by atoms with Gasteiger partial charge in [0.05, 0.1) is 26.4 Å². The number of fused-ring (bicyclic) bond motifs is 8.